The van der Waals surface area contributed by atoms with Crippen LogP contribution in [-0.2, 0) is 4.79 Å². The molecule has 2 aliphatic heterocycles. The molecule has 4 heterocycles. The molecule has 2 fully saturated rings. The molecule has 8 heteroatoms. The van der Waals surface area contributed by atoms with Gasteiger partial charge in [-0.1, -0.05) is 23.7 Å². The molecule has 2 atom stereocenters. The Morgan fingerprint density at radius 2 is 1.94 bits per heavy atom. The number of carbonyl (C=O) groups is 2. The molecule has 1 aromatic carbocycles. The first-order valence-electron chi connectivity index (χ1n) is 10.7. The summed E-state index contributed by atoms with van der Waals surface area (Å²) in [5.74, 6) is 0.979. The maximum Gasteiger partial charge on any atom is 0.255 e. The van der Waals surface area contributed by atoms with Crippen LogP contribution in [0.5, 0.6) is 0 Å². The summed E-state index contributed by atoms with van der Waals surface area (Å²) in [6, 6.07) is 8.97. The van der Waals surface area contributed by atoms with Gasteiger partial charge in [0.15, 0.2) is 0 Å². The molecule has 31 heavy (non-hydrogen) atoms. The molecule has 2 amide bonds. The van der Waals surface area contributed by atoms with Crippen molar-refractivity contribution in [2.24, 2.45) is 5.92 Å². The number of fused-ring (bicyclic) bond motifs is 1. The summed E-state index contributed by atoms with van der Waals surface area (Å²) >= 11 is 6.21. The van der Waals surface area contributed by atoms with Crippen LogP contribution in [0.25, 0.3) is 11.0 Å². The zero-order chi connectivity index (χ0) is 21.4. The second-order valence-corrected chi connectivity index (χ2v) is 8.76. The number of halogens is 1. The smallest absolute Gasteiger partial charge is 0.255 e. The van der Waals surface area contributed by atoms with Crippen molar-refractivity contribution in [3.8, 4) is 0 Å². The van der Waals surface area contributed by atoms with Gasteiger partial charge in [-0.15, -0.1) is 0 Å². The van der Waals surface area contributed by atoms with E-state index in [0.29, 0.717) is 36.8 Å². The third-order valence-electron chi connectivity index (χ3n) is 6.35. The molecule has 3 aromatic rings. The maximum absolute atomic E-state index is 13.2. The number of carbonyl (C=O) groups excluding carboxylic acids is 2. The Balaban J connectivity index is 1.25. The van der Waals surface area contributed by atoms with Gasteiger partial charge in [0.05, 0.1) is 33.7 Å². The Kier molecular flexibility index (Phi) is 5.36. The zero-order valence-corrected chi connectivity index (χ0v) is 17.9. The van der Waals surface area contributed by atoms with Gasteiger partial charge < -0.3 is 14.8 Å². The number of imidazole rings is 1. The van der Waals surface area contributed by atoms with E-state index >= 15 is 0 Å². The molecular formula is C23H24ClN5O2. The Morgan fingerprint density at radius 1 is 1.06 bits per heavy atom. The van der Waals surface area contributed by atoms with Gasteiger partial charge in [0.2, 0.25) is 5.91 Å². The number of hydrogen-bond donors (Lipinski definition) is 1. The van der Waals surface area contributed by atoms with Crippen LogP contribution >= 0.6 is 11.6 Å². The first kappa shape index (κ1) is 20.0. The van der Waals surface area contributed by atoms with Gasteiger partial charge in [-0.25, -0.2) is 4.98 Å². The summed E-state index contributed by atoms with van der Waals surface area (Å²) < 4.78 is 0. The van der Waals surface area contributed by atoms with Crippen molar-refractivity contribution in [2.75, 3.05) is 26.2 Å². The highest BCUT2D eigenvalue weighted by atomic mass is 35.5. The normalized spacial score (nSPS) is 21.6. The number of aromatic nitrogens is 3. The van der Waals surface area contributed by atoms with E-state index in [9.17, 15) is 9.59 Å². The fraction of sp³-hybridized carbons (Fsp3) is 0.391. The number of nitrogens with zero attached hydrogens (tertiary/aromatic N) is 4. The fourth-order valence-electron chi connectivity index (χ4n) is 4.68. The van der Waals surface area contributed by atoms with Crippen LogP contribution in [0, 0.1) is 5.92 Å². The number of hydrogen-bond acceptors (Lipinski definition) is 4. The van der Waals surface area contributed by atoms with Crippen LogP contribution in [0.1, 0.15) is 41.4 Å². The number of pyridine rings is 1. The van der Waals surface area contributed by atoms with Crippen molar-refractivity contribution < 1.29 is 9.59 Å². The van der Waals surface area contributed by atoms with Gasteiger partial charge in [0.25, 0.3) is 5.91 Å². The van der Waals surface area contributed by atoms with Crippen molar-refractivity contribution in [1.82, 2.24) is 24.8 Å². The Hall–Kier alpha value is -2.93. The van der Waals surface area contributed by atoms with Crippen LogP contribution < -0.4 is 0 Å². The van der Waals surface area contributed by atoms with Crippen LogP contribution in [0.15, 0.2) is 42.7 Å². The van der Waals surface area contributed by atoms with Crippen LogP contribution in [0.3, 0.4) is 0 Å². The first-order chi connectivity index (χ1) is 15.1. The number of rotatable bonds is 3. The molecule has 2 saturated heterocycles. The summed E-state index contributed by atoms with van der Waals surface area (Å²) in [5.41, 5.74) is 2.32. The highest BCUT2D eigenvalue weighted by molar-refractivity contribution is 6.33. The van der Waals surface area contributed by atoms with E-state index in [1.807, 2.05) is 23.1 Å². The number of benzene rings is 1. The average Bonchev–Trinajstić information content (AvgIpc) is 3.46. The zero-order valence-electron chi connectivity index (χ0n) is 17.1. The fourth-order valence-corrected chi connectivity index (χ4v) is 4.90. The van der Waals surface area contributed by atoms with Gasteiger partial charge >= 0.3 is 0 Å². The third kappa shape index (κ3) is 3.90. The number of aromatic amines is 1. The second-order valence-electron chi connectivity index (χ2n) is 8.35. The van der Waals surface area contributed by atoms with E-state index in [0.717, 1.165) is 36.1 Å². The van der Waals surface area contributed by atoms with Gasteiger partial charge in [0.1, 0.15) is 5.82 Å². The van der Waals surface area contributed by atoms with Gasteiger partial charge in [-0.05, 0) is 37.5 Å². The molecule has 2 aromatic heterocycles. The monoisotopic (exact) mass is 437 g/mol. The first-order valence-corrected chi connectivity index (χ1v) is 11.1. The van der Waals surface area contributed by atoms with Crippen LogP contribution in [0.4, 0.5) is 0 Å². The molecule has 2 aliphatic rings. The summed E-state index contributed by atoms with van der Waals surface area (Å²) in [4.78, 5) is 42.0. The number of likely N-dealkylation sites (tertiary alicyclic amines) is 2. The summed E-state index contributed by atoms with van der Waals surface area (Å²) in [5, 5.41) is 0.448. The molecular weight excluding hydrogens is 414 g/mol. The largest absolute Gasteiger partial charge is 0.342 e. The summed E-state index contributed by atoms with van der Waals surface area (Å²) in [6.45, 7) is 2.47. The lowest BCUT2D eigenvalue weighted by Crippen LogP contribution is -2.46. The average molecular weight is 438 g/mol. The van der Waals surface area contributed by atoms with Crippen molar-refractivity contribution in [3.63, 3.8) is 0 Å². The van der Waals surface area contributed by atoms with E-state index < -0.39 is 0 Å². The van der Waals surface area contributed by atoms with E-state index in [2.05, 4.69) is 15.0 Å². The van der Waals surface area contributed by atoms with E-state index in [4.69, 9.17) is 11.6 Å². The molecule has 0 spiro atoms. The molecule has 2 unspecified atom stereocenters. The number of nitrogens with one attached hydrogen (secondary N) is 1. The van der Waals surface area contributed by atoms with E-state index in [1.165, 1.54) is 0 Å². The lowest BCUT2D eigenvalue weighted by Gasteiger charge is -2.34. The number of amides is 2. The third-order valence-corrected chi connectivity index (χ3v) is 6.68. The molecule has 0 bridgehead atoms. The SMILES string of the molecule is O=C(c1ccccc1Cl)N1CCCC(C(=O)N2CCC(c3nc4ccncc4[nH]3)C2)C1. The Bertz CT molecular complexity index is 1100. The topological polar surface area (TPSA) is 82.2 Å². The highest BCUT2D eigenvalue weighted by Crippen LogP contribution is 2.30. The van der Waals surface area contributed by atoms with Crippen LogP contribution in [-0.4, -0.2) is 62.7 Å². The van der Waals surface area contributed by atoms with Crippen molar-refractivity contribution in [1.29, 1.82) is 0 Å². The molecule has 0 radical (unpaired) electrons. The van der Waals surface area contributed by atoms with Crippen molar-refractivity contribution in [3.05, 3.63) is 59.1 Å². The van der Waals surface area contributed by atoms with Crippen molar-refractivity contribution in [2.45, 2.75) is 25.2 Å². The minimum Gasteiger partial charge on any atom is -0.342 e. The van der Waals surface area contributed by atoms with E-state index in [-0.39, 0.29) is 23.7 Å². The van der Waals surface area contributed by atoms with Gasteiger partial charge in [0, 0.05) is 38.3 Å². The molecule has 160 valence electrons. The number of piperidine rings is 1. The Labute approximate surface area is 185 Å². The lowest BCUT2D eigenvalue weighted by atomic mass is 9.96. The van der Waals surface area contributed by atoms with E-state index in [1.54, 1.807) is 29.4 Å². The van der Waals surface area contributed by atoms with Crippen molar-refractivity contribution >= 4 is 34.4 Å². The molecule has 0 aliphatic carbocycles. The Morgan fingerprint density at radius 3 is 2.77 bits per heavy atom. The minimum absolute atomic E-state index is 0.0988. The summed E-state index contributed by atoms with van der Waals surface area (Å²) in [7, 11) is 0. The lowest BCUT2D eigenvalue weighted by molar-refractivity contribution is -0.135. The molecule has 7 nitrogen and oxygen atoms in total. The number of H-pyrrole nitrogens is 1. The maximum atomic E-state index is 13.2. The van der Waals surface area contributed by atoms with Crippen LogP contribution in [0.2, 0.25) is 5.02 Å². The predicted molar refractivity (Wildman–Crippen MR) is 118 cm³/mol. The standard InChI is InChI=1S/C23H24ClN5O2/c24-18-6-2-1-5-17(18)23(31)28-10-3-4-16(14-28)22(30)29-11-8-15(13-29)21-26-19-7-9-25-12-20(19)27-21/h1-2,5-7,9,12,15-16H,3-4,8,10-11,13-14H2,(H,26,27). The molecule has 0 saturated carbocycles. The van der Waals surface area contributed by atoms with Gasteiger partial charge in [-0.3, -0.25) is 14.6 Å². The summed E-state index contributed by atoms with van der Waals surface area (Å²) in [6.07, 6.45) is 6.02. The second kappa shape index (κ2) is 8.30. The quantitative estimate of drug-likeness (QED) is 0.680. The highest BCUT2D eigenvalue weighted by Gasteiger charge is 2.36. The minimum atomic E-state index is -0.168. The van der Waals surface area contributed by atoms with Gasteiger partial charge in [-0.2, -0.15) is 0 Å². The predicted octanol–water partition coefficient (Wildman–Crippen LogP) is 3.48. The molecule has 5 rings (SSSR count). The molecule has 1 N–H and O–H groups in total.